The first-order chi connectivity index (χ1) is 12.1. The van der Waals surface area contributed by atoms with Crippen LogP contribution in [0.15, 0.2) is 29.7 Å². The number of ether oxygens (including phenoxy) is 3. The number of methoxy groups -OCH3 is 1. The summed E-state index contributed by atoms with van der Waals surface area (Å²) in [5, 5.41) is 26.5. The Morgan fingerprint density at radius 1 is 1.48 bits per heavy atom. The van der Waals surface area contributed by atoms with Crippen LogP contribution in [0.1, 0.15) is 29.7 Å². The molecular weight excluding hydrogens is 324 g/mol. The molecule has 2 heterocycles. The van der Waals surface area contributed by atoms with Gasteiger partial charge >= 0.3 is 0 Å². The number of nitrogens with one attached hydrogen (secondary N) is 1. The van der Waals surface area contributed by atoms with Crippen molar-refractivity contribution in [3.05, 3.63) is 46.5 Å². The van der Waals surface area contributed by atoms with E-state index in [4.69, 9.17) is 19.9 Å². The predicted octanol–water partition coefficient (Wildman–Crippen LogP) is 1.88. The van der Waals surface area contributed by atoms with E-state index in [1.807, 2.05) is 6.92 Å². The monoisotopic (exact) mass is 342 g/mol. The van der Waals surface area contributed by atoms with Crippen molar-refractivity contribution >= 4 is 0 Å². The van der Waals surface area contributed by atoms with E-state index in [2.05, 4.69) is 16.3 Å². The molecule has 0 saturated heterocycles. The van der Waals surface area contributed by atoms with Gasteiger partial charge in [0.05, 0.1) is 30.4 Å². The number of phenolic OH excluding ortho intramolecular Hbond substituents is 1. The third-order valence-electron chi connectivity index (χ3n) is 3.92. The molecule has 1 unspecified atom stereocenters. The number of H-pyrrole nitrogens is 1. The second-order valence-electron chi connectivity index (χ2n) is 5.44. The molecule has 8 nitrogen and oxygen atoms in total. The summed E-state index contributed by atoms with van der Waals surface area (Å²) in [6.07, 6.45) is 0. The highest BCUT2D eigenvalue weighted by molar-refractivity contribution is 5.57. The normalized spacial score (nSPS) is 16.1. The van der Waals surface area contributed by atoms with Crippen LogP contribution in [-0.4, -0.2) is 29.0 Å². The lowest BCUT2D eigenvalue weighted by molar-refractivity contribution is 0.180. The molecule has 0 bridgehead atoms. The van der Waals surface area contributed by atoms with Crippen molar-refractivity contribution in [2.45, 2.75) is 19.4 Å². The zero-order chi connectivity index (χ0) is 18.0. The number of hydrogen-bond donors (Lipinski definition) is 3. The van der Waals surface area contributed by atoms with E-state index < -0.39 is 5.92 Å². The molecule has 8 heteroatoms. The van der Waals surface area contributed by atoms with Crippen LogP contribution in [0, 0.1) is 11.3 Å². The molecule has 1 aromatic heterocycles. The Morgan fingerprint density at radius 3 is 2.96 bits per heavy atom. The number of hydrogen-bond acceptors (Lipinski definition) is 7. The van der Waals surface area contributed by atoms with Crippen LogP contribution < -0.4 is 15.2 Å². The fraction of sp³-hybridized carbons (Fsp3) is 0.294. The van der Waals surface area contributed by atoms with Gasteiger partial charge in [-0.3, -0.25) is 5.10 Å². The van der Waals surface area contributed by atoms with Crippen molar-refractivity contribution in [1.82, 2.24) is 10.2 Å². The second kappa shape index (κ2) is 6.75. The molecule has 1 aliphatic heterocycles. The number of nitrogens with two attached hydrogens (primary N) is 1. The molecule has 3 rings (SSSR count). The van der Waals surface area contributed by atoms with Gasteiger partial charge in [-0.1, -0.05) is 6.07 Å². The average Bonchev–Trinajstić information content (AvgIpc) is 2.98. The molecule has 0 radical (unpaired) electrons. The highest BCUT2D eigenvalue weighted by Crippen LogP contribution is 2.44. The molecule has 25 heavy (non-hydrogen) atoms. The number of phenols is 1. The number of allylic oxidation sites excluding steroid dienone is 1. The molecule has 1 atom stereocenters. The number of benzene rings is 1. The molecule has 4 N–H and O–H groups in total. The van der Waals surface area contributed by atoms with E-state index in [1.54, 1.807) is 19.2 Å². The standard InChI is InChI=1S/C17H18N4O4/c1-3-24-13-6-9(4-5-12(13)22)14-10(7-18)16(19)25-17-15(14)11(8-23-2)20-21-17/h4-6,14,22H,3,8,19H2,1-2H3,(H,20,21). The number of nitrogens with zero attached hydrogens (tertiary/aromatic N) is 2. The summed E-state index contributed by atoms with van der Waals surface area (Å²) in [5.41, 5.74) is 8.27. The quantitative estimate of drug-likeness (QED) is 0.757. The number of nitriles is 1. The Kier molecular flexibility index (Phi) is 4.50. The van der Waals surface area contributed by atoms with E-state index in [1.165, 1.54) is 6.07 Å². The van der Waals surface area contributed by atoms with E-state index in [9.17, 15) is 10.4 Å². The Morgan fingerprint density at radius 2 is 2.28 bits per heavy atom. The van der Waals surface area contributed by atoms with E-state index in [0.29, 0.717) is 29.5 Å². The molecule has 0 spiro atoms. The number of fused-ring (bicyclic) bond motifs is 1. The summed E-state index contributed by atoms with van der Waals surface area (Å²) < 4.78 is 16.1. The summed E-state index contributed by atoms with van der Waals surface area (Å²) in [7, 11) is 1.56. The van der Waals surface area contributed by atoms with Gasteiger partial charge < -0.3 is 25.1 Å². The highest BCUT2D eigenvalue weighted by Gasteiger charge is 2.35. The third-order valence-corrected chi connectivity index (χ3v) is 3.92. The van der Waals surface area contributed by atoms with Crippen molar-refractivity contribution < 1.29 is 19.3 Å². The van der Waals surface area contributed by atoms with Crippen LogP contribution in [0.2, 0.25) is 0 Å². The first-order valence-corrected chi connectivity index (χ1v) is 7.70. The Labute approximate surface area is 144 Å². The van der Waals surface area contributed by atoms with Crippen molar-refractivity contribution in [3.8, 4) is 23.4 Å². The van der Waals surface area contributed by atoms with Gasteiger partial charge in [0.25, 0.3) is 0 Å². The summed E-state index contributed by atoms with van der Waals surface area (Å²) in [5.74, 6) is 0.164. The van der Waals surface area contributed by atoms with Gasteiger partial charge in [-0.2, -0.15) is 5.26 Å². The zero-order valence-corrected chi connectivity index (χ0v) is 13.9. The molecule has 0 aliphatic carbocycles. The van der Waals surface area contributed by atoms with Crippen LogP contribution >= 0.6 is 0 Å². The maximum atomic E-state index is 9.94. The molecule has 0 amide bonds. The molecule has 1 aromatic carbocycles. The second-order valence-corrected chi connectivity index (χ2v) is 5.44. The van der Waals surface area contributed by atoms with Crippen LogP contribution in [0.4, 0.5) is 0 Å². The molecule has 1 aliphatic rings. The van der Waals surface area contributed by atoms with E-state index in [0.717, 1.165) is 5.56 Å². The van der Waals surface area contributed by atoms with Crippen molar-refractivity contribution in [1.29, 1.82) is 5.26 Å². The largest absolute Gasteiger partial charge is 0.504 e. The average molecular weight is 342 g/mol. The predicted molar refractivity (Wildman–Crippen MR) is 87.9 cm³/mol. The Balaban J connectivity index is 2.18. The van der Waals surface area contributed by atoms with Gasteiger partial charge in [0.15, 0.2) is 11.5 Å². The summed E-state index contributed by atoms with van der Waals surface area (Å²) in [6, 6.07) is 7.04. The van der Waals surface area contributed by atoms with Crippen molar-refractivity contribution in [2.75, 3.05) is 13.7 Å². The van der Waals surface area contributed by atoms with E-state index in [-0.39, 0.29) is 23.8 Å². The lowest BCUT2D eigenvalue weighted by Crippen LogP contribution is -2.21. The van der Waals surface area contributed by atoms with Crippen molar-refractivity contribution in [3.63, 3.8) is 0 Å². The van der Waals surface area contributed by atoms with Crippen LogP contribution in [0.5, 0.6) is 17.4 Å². The third kappa shape index (κ3) is 2.86. The summed E-state index contributed by atoms with van der Waals surface area (Å²) >= 11 is 0. The van der Waals surface area contributed by atoms with Gasteiger partial charge in [0.2, 0.25) is 11.8 Å². The number of aromatic hydroxyl groups is 1. The minimum absolute atomic E-state index is 0.00139. The number of rotatable bonds is 5. The van der Waals surface area contributed by atoms with E-state index >= 15 is 0 Å². The van der Waals surface area contributed by atoms with Gasteiger partial charge in [0.1, 0.15) is 11.6 Å². The maximum Gasteiger partial charge on any atom is 0.244 e. The number of aromatic nitrogens is 2. The van der Waals surface area contributed by atoms with Gasteiger partial charge in [-0.15, -0.1) is 5.10 Å². The zero-order valence-electron chi connectivity index (χ0n) is 13.9. The molecule has 2 aromatic rings. The minimum atomic E-state index is -0.502. The highest BCUT2D eigenvalue weighted by atomic mass is 16.5. The molecule has 0 fully saturated rings. The lowest BCUT2D eigenvalue weighted by Gasteiger charge is -2.24. The first kappa shape index (κ1) is 16.7. The van der Waals surface area contributed by atoms with Crippen LogP contribution in [0.25, 0.3) is 0 Å². The van der Waals surface area contributed by atoms with Crippen LogP contribution in [-0.2, 0) is 11.3 Å². The first-order valence-electron chi connectivity index (χ1n) is 7.70. The SMILES string of the molecule is CCOc1cc(C2C(C#N)=C(N)Oc3n[nH]c(COC)c32)ccc1O. The lowest BCUT2D eigenvalue weighted by atomic mass is 9.84. The van der Waals surface area contributed by atoms with Crippen LogP contribution in [0.3, 0.4) is 0 Å². The molecule has 130 valence electrons. The minimum Gasteiger partial charge on any atom is -0.504 e. The van der Waals surface area contributed by atoms with Gasteiger partial charge in [-0.05, 0) is 24.6 Å². The topological polar surface area (TPSA) is 126 Å². The Hall–Kier alpha value is -3.18. The summed E-state index contributed by atoms with van der Waals surface area (Å²) in [6.45, 7) is 2.50. The fourth-order valence-electron chi connectivity index (χ4n) is 2.88. The fourth-order valence-corrected chi connectivity index (χ4v) is 2.88. The molecular formula is C17H18N4O4. The Bertz CT molecular complexity index is 866. The van der Waals surface area contributed by atoms with Crippen molar-refractivity contribution in [2.24, 2.45) is 5.73 Å². The molecule has 0 saturated carbocycles. The van der Waals surface area contributed by atoms with Gasteiger partial charge in [0, 0.05) is 7.11 Å². The van der Waals surface area contributed by atoms with Gasteiger partial charge in [-0.25, -0.2) is 0 Å². The maximum absolute atomic E-state index is 9.94. The summed E-state index contributed by atoms with van der Waals surface area (Å²) in [4.78, 5) is 0. The number of aromatic amines is 1. The smallest absolute Gasteiger partial charge is 0.244 e.